The number of rotatable bonds is 9. The van der Waals surface area contributed by atoms with E-state index in [1.165, 1.54) is 30.3 Å². The third-order valence-corrected chi connectivity index (χ3v) is 5.52. The number of nitrogens with one attached hydrogen (secondary N) is 2. The monoisotopic (exact) mass is 479 g/mol. The molecule has 0 fully saturated rings. The number of anilines is 3. The van der Waals surface area contributed by atoms with Crippen LogP contribution in [0.15, 0.2) is 42.5 Å². The van der Waals surface area contributed by atoms with Crippen molar-refractivity contribution in [2.75, 3.05) is 22.4 Å². The topological polar surface area (TPSA) is 87.4 Å². The van der Waals surface area contributed by atoms with E-state index < -0.39 is 40.4 Å². The van der Waals surface area contributed by atoms with Crippen LogP contribution in [0.4, 0.5) is 34.6 Å². The minimum absolute atomic E-state index is 0.0450. The molecular weight excluding hydrogens is 458 g/mol. The van der Waals surface area contributed by atoms with Gasteiger partial charge in [0.25, 0.3) is 5.91 Å². The Hall–Kier alpha value is -3.24. The predicted molar refractivity (Wildman–Crippen MR) is 122 cm³/mol. The van der Waals surface area contributed by atoms with Crippen molar-refractivity contribution in [3.63, 3.8) is 0 Å². The van der Waals surface area contributed by atoms with Gasteiger partial charge in [0, 0.05) is 12.2 Å². The van der Waals surface area contributed by atoms with E-state index in [2.05, 4.69) is 10.0 Å². The molecular formula is C23H21F4N3O2S. The van der Waals surface area contributed by atoms with Gasteiger partial charge in [0.2, 0.25) is 0 Å². The Bertz CT molecular complexity index is 1190. The normalized spacial score (nSPS) is 10.8. The zero-order chi connectivity index (χ0) is 24.1. The average molecular weight is 479 g/mol. The molecule has 5 nitrogen and oxygen atoms in total. The van der Waals surface area contributed by atoms with Crippen LogP contribution >= 0.6 is 11.9 Å². The van der Waals surface area contributed by atoms with Gasteiger partial charge in [-0.1, -0.05) is 30.1 Å². The predicted octanol–water partition coefficient (Wildman–Crippen LogP) is 5.04. The van der Waals surface area contributed by atoms with Gasteiger partial charge < -0.3 is 20.9 Å². The molecule has 0 aliphatic heterocycles. The second-order valence-electron chi connectivity index (χ2n) is 7.19. The number of aryl methyl sites for hydroxylation is 1. The molecule has 0 aliphatic carbocycles. The fourth-order valence-electron chi connectivity index (χ4n) is 3.15. The molecule has 33 heavy (non-hydrogen) atoms. The van der Waals surface area contributed by atoms with Crippen molar-refractivity contribution in [3.8, 4) is 0 Å². The molecule has 0 saturated heterocycles. The lowest BCUT2D eigenvalue weighted by molar-refractivity contribution is 0.100. The summed E-state index contributed by atoms with van der Waals surface area (Å²) >= 11 is 1.08. The Balaban J connectivity index is 1.98. The number of halogens is 4. The summed E-state index contributed by atoms with van der Waals surface area (Å²) in [5, 5.41) is 11.2. The fraction of sp³-hybridized carbons (Fsp3) is 0.174. The van der Waals surface area contributed by atoms with Crippen LogP contribution in [0.25, 0.3) is 0 Å². The van der Waals surface area contributed by atoms with Crippen LogP contribution in [0.1, 0.15) is 27.0 Å². The first-order valence-electron chi connectivity index (χ1n) is 9.82. The summed E-state index contributed by atoms with van der Waals surface area (Å²) in [5.74, 6) is -4.91. The Morgan fingerprint density at radius 1 is 1.00 bits per heavy atom. The van der Waals surface area contributed by atoms with Gasteiger partial charge >= 0.3 is 0 Å². The van der Waals surface area contributed by atoms with Crippen molar-refractivity contribution in [1.82, 2.24) is 0 Å². The molecule has 0 heterocycles. The third kappa shape index (κ3) is 5.58. The third-order valence-electron chi connectivity index (χ3n) is 4.77. The van der Waals surface area contributed by atoms with Crippen molar-refractivity contribution in [3.05, 3.63) is 88.0 Å². The van der Waals surface area contributed by atoms with Gasteiger partial charge in [-0.15, -0.1) is 0 Å². The highest BCUT2D eigenvalue weighted by Gasteiger charge is 2.23. The molecule has 0 radical (unpaired) electrons. The number of aliphatic hydroxyl groups excluding tert-OH is 1. The van der Waals surface area contributed by atoms with Crippen LogP contribution in [0.5, 0.6) is 0 Å². The molecule has 0 bridgehead atoms. The highest BCUT2D eigenvalue weighted by Crippen LogP contribution is 2.32. The Morgan fingerprint density at radius 3 is 2.42 bits per heavy atom. The zero-order valence-electron chi connectivity index (χ0n) is 17.5. The minimum atomic E-state index is -1.44. The molecule has 5 N–H and O–H groups in total. The maximum atomic E-state index is 15.0. The largest absolute Gasteiger partial charge is 0.395 e. The maximum absolute atomic E-state index is 15.0. The lowest BCUT2D eigenvalue weighted by Crippen LogP contribution is -2.17. The number of carbonyl (C=O) groups is 1. The number of carbonyl (C=O) groups excluding carboxylic acids is 1. The number of aliphatic hydroxyl groups is 1. The van der Waals surface area contributed by atoms with Crippen LogP contribution in [-0.2, 0) is 6.42 Å². The first-order chi connectivity index (χ1) is 15.7. The summed E-state index contributed by atoms with van der Waals surface area (Å²) in [6.45, 7) is 1.55. The van der Waals surface area contributed by atoms with Gasteiger partial charge in [-0.05, 0) is 47.9 Å². The molecule has 10 heteroatoms. The van der Waals surface area contributed by atoms with Gasteiger partial charge in [0.05, 0.1) is 29.2 Å². The van der Waals surface area contributed by atoms with E-state index in [1.807, 2.05) is 0 Å². The molecule has 0 aromatic heterocycles. The van der Waals surface area contributed by atoms with E-state index in [0.29, 0.717) is 11.3 Å². The molecule has 0 atom stereocenters. The van der Waals surface area contributed by atoms with Crippen LogP contribution in [0.3, 0.4) is 0 Å². The number of hydrogen-bond donors (Lipinski definition) is 4. The van der Waals surface area contributed by atoms with Crippen molar-refractivity contribution < 1.29 is 27.5 Å². The van der Waals surface area contributed by atoms with E-state index >= 15 is 0 Å². The van der Waals surface area contributed by atoms with E-state index in [4.69, 9.17) is 10.8 Å². The van der Waals surface area contributed by atoms with Crippen molar-refractivity contribution in [2.45, 2.75) is 13.3 Å². The van der Waals surface area contributed by atoms with Gasteiger partial charge in [0.1, 0.15) is 5.82 Å². The van der Waals surface area contributed by atoms with Gasteiger partial charge in [-0.3, -0.25) is 4.79 Å². The summed E-state index contributed by atoms with van der Waals surface area (Å²) in [5.41, 5.74) is 4.65. The quantitative estimate of drug-likeness (QED) is 0.196. The van der Waals surface area contributed by atoms with E-state index in [1.54, 1.807) is 13.0 Å². The summed E-state index contributed by atoms with van der Waals surface area (Å²) in [6, 6.07) is 9.47. The number of primary amides is 1. The van der Waals surface area contributed by atoms with E-state index in [9.17, 15) is 22.4 Å². The van der Waals surface area contributed by atoms with Crippen molar-refractivity contribution >= 4 is 34.9 Å². The van der Waals surface area contributed by atoms with Crippen LogP contribution < -0.4 is 15.8 Å². The van der Waals surface area contributed by atoms with Gasteiger partial charge in [-0.2, -0.15) is 0 Å². The number of benzene rings is 3. The summed E-state index contributed by atoms with van der Waals surface area (Å²) in [7, 11) is 0. The smallest absolute Gasteiger partial charge is 0.250 e. The fourth-order valence-corrected chi connectivity index (χ4v) is 3.66. The Labute approximate surface area is 192 Å². The van der Waals surface area contributed by atoms with Crippen molar-refractivity contribution in [2.24, 2.45) is 5.73 Å². The Morgan fingerprint density at radius 2 is 1.76 bits per heavy atom. The SMILES string of the molecule is Cc1ccc(Nc2c(C(N)=O)cc(Cc3cccc(NSCCO)c3F)c(F)c2F)c(F)c1. The number of hydrogen-bond acceptors (Lipinski definition) is 5. The van der Waals surface area contributed by atoms with Gasteiger partial charge in [-0.25, -0.2) is 17.6 Å². The molecule has 0 spiro atoms. The van der Waals surface area contributed by atoms with E-state index in [-0.39, 0.29) is 35.5 Å². The second-order valence-corrected chi connectivity index (χ2v) is 8.09. The zero-order valence-corrected chi connectivity index (χ0v) is 18.3. The van der Waals surface area contributed by atoms with Crippen LogP contribution in [-0.4, -0.2) is 23.4 Å². The highest BCUT2D eigenvalue weighted by molar-refractivity contribution is 8.00. The minimum Gasteiger partial charge on any atom is -0.395 e. The number of nitrogens with two attached hydrogens (primary N) is 1. The lowest BCUT2D eigenvalue weighted by Gasteiger charge is -2.16. The molecule has 3 rings (SSSR count). The maximum Gasteiger partial charge on any atom is 0.250 e. The highest BCUT2D eigenvalue weighted by atomic mass is 32.2. The molecule has 0 unspecified atom stereocenters. The Kier molecular flexibility index (Phi) is 7.83. The first kappa shape index (κ1) is 24.4. The molecule has 3 aromatic rings. The van der Waals surface area contributed by atoms with Crippen LogP contribution in [0, 0.1) is 30.2 Å². The molecule has 1 amide bonds. The number of amides is 1. The standard InChI is InChI=1S/C23H21F4N3O2S/c1-12-5-6-17(16(24)9-12)29-22-15(23(28)32)11-14(20(26)21(22)27)10-13-3-2-4-18(19(13)25)30-33-8-7-31/h2-6,9,11,29-31H,7-8,10H2,1H3,(H2,28,32). The molecule has 0 aliphatic rings. The molecule has 174 valence electrons. The summed E-state index contributed by atoms with van der Waals surface area (Å²) in [4.78, 5) is 12.0. The average Bonchev–Trinajstić information content (AvgIpc) is 2.77. The second kappa shape index (κ2) is 10.6. The first-order valence-corrected chi connectivity index (χ1v) is 10.8. The summed E-state index contributed by atoms with van der Waals surface area (Å²) < 4.78 is 61.6. The van der Waals surface area contributed by atoms with E-state index in [0.717, 1.165) is 18.0 Å². The molecule has 0 saturated carbocycles. The van der Waals surface area contributed by atoms with Gasteiger partial charge in [0.15, 0.2) is 17.5 Å². The van der Waals surface area contributed by atoms with Crippen LogP contribution in [0.2, 0.25) is 0 Å². The lowest BCUT2D eigenvalue weighted by atomic mass is 9.99. The molecule has 3 aromatic carbocycles. The van der Waals surface area contributed by atoms with Crippen molar-refractivity contribution in [1.29, 1.82) is 0 Å². The summed E-state index contributed by atoms with van der Waals surface area (Å²) in [6.07, 6.45) is -0.367.